The molecular weight excluding hydrogens is 300 g/mol. The standard InChI is InChI=1S/C20H32N2O2/c1-16(2)14-18(20(23)24)15-21-19-9-12-22(13-10-19)11-8-17-6-4-3-5-7-17/h3-7,16,18-19,21H,8-15H2,1-2H3,(H,23,24). The predicted octanol–water partition coefficient (Wildman–Crippen LogP) is 3.03. The minimum atomic E-state index is -0.670. The molecule has 1 unspecified atom stereocenters. The van der Waals surface area contributed by atoms with Crippen LogP contribution in [0.5, 0.6) is 0 Å². The molecule has 2 rings (SSSR count). The van der Waals surface area contributed by atoms with E-state index in [1.165, 1.54) is 5.56 Å². The Morgan fingerprint density at radius 1 is 1.25 bits per heavy atom. The smallest absolute Gasteiger partial charge is 0.307 e. The average molecular weight is 332 g/mol. The van der Waals surface area contributed by atoms with Crippen LogP contribution in [0.3, 0.4) is 0 Å². The van der Waals surface area contributed by atoms with Crippen LogP contribution in [-0.2, 0) is 11.2 Å². The van der Waals surface area contributed by atoms with Gasteiger partial charge in [-0.1, -0.05) is 44.2 Å². The molecule has 0 bridgehead atoms. The fourth-order valence-corrected chi connectivity index (χ4v) is 3.44. The Labute approximate surface area is 146 Å². The van der Waals surface area contributed by atoms with Crippen LogP contribution in [0.1, 0.15) is 38.7 Å². The third-order valence-electron chi connectivity index (χ3n) is 4.91. The van der Waals surface area contributed by atoms with Crippen LogP contribution in [-0.4, -0.2) is 48.2 Å². The zero-order valence-corrected chi connectivity index (χ0v) is 15.1. The first-order chi connectivity index (χ1) is 11.5. The lowest BCUT2D eigenvalue weighted by molar-refractivity contribution is -0.142. The number of aliphatic carboxylic acids is 1. The fourth-order valence-electron chi connectivity index (χ4n) is 3.44. The van der Waals surface area contributed by atoms with Crippen molar-refractivity contribution in [3.63, 3.8) is 0 Å². The van der Waals surface area contributed by atoms with Gasteiger partial charge < -0.3 is 15.3 Å². The van der Waals surface area contributed by atoms with Crippen LogP contribution in [0.15, 0.2) is 30.3 Å². The maximum absolute atomic E-state index is 11.3. The molecule has 0 spiro atoms. The van der Waals surface area contributed by atoms with Crippen molar-refractivity contribution in [2.75, 3.05) is 26.2 Å². The lowest BCUT2D eigenvalue weighted by Gasteiger charge is -2.33. The summed E-state index contributed by atoms with van der Waals surface area (Å²) in [7, 11) is 0. The Hall–Kier alpha value is -1.39. The second-order valence-corrected chi connectivity index (χ2v) is 7.42. The molecule has 1 aliphatic heterocycles. The number of carboxylic acids is 1. The number of nitrogens with one attached hydrogen (secondary N) is 1. The first-order valence-corrected chi connectivity index (χ1v) is 9.27. The van der Waals surface area contributed by atoms with Crippen LogP contribution in [0.2, 0.25) is 0 Å². The number of carboxylic acid groups (broad SMARTS) is 1. The number of likely N-dealkylation sites (tertiary alicyclic amines) is 1. The quantitative estimate of drug-likeness (QED) is 0.730. The van der Waals surface area contributed by atoms with Crippen molar-refractivity contribution >= 4 is 5.97 Å². The molecule has 1 aliphatic rings. The Bertz CT molecular complexity index is 482. The molecule has 0 aromatic heterocycles. The zero-order chi connectivity index (χ0) is 17.4. The van der Waals surface area contributed by atoms with Crippen molar-refractivity contribution in [1.29, 1.82) is 0 Å². The topological polar surface area (TPSA) is 52.6 Å². The molecule has 1 aromatic rings. The van der Waals surface area contributed by atoms with Crippen molar-refractivity contribution in [1.82, 2.24) is 10.2 Å². The van der Waals surface area contributed by atoms with Gasteiger partial charge in [0.25, 0.3) is 0 Å². The van der Waals surface area contributed by atoms with Gasteiger partial charge in [0.2, 0.25) is 0 Å². The van der Waals surface area contributed by atoms with E-state index >= 15 is 0 Å². The maximum atomic E-state index is 11.3. The van der Waals surface area contributed by atoms with E-state index in [1.54, 1.807) is 0 Å². The predicted molar refractivity (Wildman–Crippen MR) is 98.2 cm³/mol. The Kier molecular flexibility index (Phi) is 7.73. The van der Waals surface area contributed by atoms with Crippen LogP contribution >= 0.6 is 0 Å². The number of benzene rings is 1. The minimum Gasteiger partial charge on any atom is -0.481 e. The second-order valence-electron chi connectivity index (χ2n) is 7.42. The van der Waals surface area contributed by atoms with E-state index in [1.807, 2.05) is 0 Å². The summed E-state index contributed by atoms with van der Waals surface area (Å²) in [6.45, 7) is 8.09. The summed E-state index contributed by atoms with van der Waals surface area (Å²) in [5.74, 6) is -0.509. The number of hydrogen-bond donors (Lipinski definition) is 2. The summed E-state index contributed by atoms with van der Waals surface area (Å²) in [5.41, 5.74) is 1.40. The summed E-state index contributed by atoms with van der Waals surface area (Å²) in [5, 5.41) is 12.8. The molecule has 4 heteroatoms. The fraction of sp³-hybridized carbons (Fsp3) is 0.650. The van der Waals surface area contributed by atoms with Crippen molar-refractivity contribution < 1.29 is 9.90 Å². The van der Waals surface area contributed by atoms with Crippen molar-refractivity contribution in [3.05, 3.63) is 35.9 Å². The summed E-state index contributed by atoms with van der Waals surface area (Å²) >= 11 is 0. The third-order valence-corrected chi connectivity index (χ3v) is 4.91. The highest BCUT2D eigenvalue weighted by molar-refractivity contribution is 5.70. The molecule has 1 fully saturated rings. The number of hydrogen-bond acceptors (Lipinski definition) is 3. The Balaban J connectivity index is 1.66. The molecule has 1 heterocycles. The molecule has 1 saturated heterocycles. The van der Waals surface area contributed by atoms with Gasteiger partial charge in [-0.05, 0) is 50.3 Å². The van der Waals surface area contributed by atoms with E-state index in [2.05, 4.69) is 54.4 Å². The van der Waals surface area contributed by atoms with Crippen LogP contribution in [0, 0.1) is 11.8 Å². The Morgan fingerprint density at radius 2 is 1.92 bits per heavy atom. The van der Waals surface area contributed by atoms with E-state index in [-0.39, 0.29) is 5.92 Å². The molecule has 0 radical (unpaired) electrons. The molecule has 1 atom stereocenters. The highest BCUT2D eigenvalue weighted by Crippen LogP contribution is 2.15. The summed E-state index contributed by atoms with van der Waals surface area (Å²) in [6, 6.07) is 11.1. The highest BCUT2D eigenvalue weighted by Gasteiger charge is 2.23. The maximum Gasteiger partial charge on any atom is 0.307 e. The first kappa shape index (κ1) is 18.9. The molecule has 2 N–H and O–H groups in total. The summed E-state index contributed by atoms with van der Waals surface area (Å²) < 4.78 is 0. The summed E-state index contributed by atoms with van der Waals surface area (Å²) in [6.07, 6.45) is 4.08. The SMILES string of the molecule is CC(C)CC(CNC1CCN(CCc2ccccc2)CC1)C(=O)O. The lowest BCUT2D eigenvalue weighted by atomic mass is 9.96. The zero-order valence-electron chi connectivity index (χ0n) is 15.1. The number of rotatable bonds is 9. The number of piperidine rings is 1. The summed E-state index contributed by atoms with van der Waals surface area (Å²) in [4.78, 5) is 13.9. The number of carbonyl (C=O) groups is 1. The molecule has 134 valence electrons. The molecule has 4 nitrogen and oxygen atoms in total. The van der Waals surface area contributed by atoms with Crippen molar-refractivity contribution in [2.24, 2.45) is 11.8 Å². The third kappa shape index (κ3) is 6.62. The van der Waals surface area contributed by atoms with Gasteiger partial charge in [-0.3, -0.25) is 4.79 Å². The number of nitrogens with zero attached hydrogens (tertiary/aromatic N) is 1. The molecule has 1 aromatic carbocycles. The Morgan fingerprint density at radius 3 is 2.50 bits per heavy atom. The highest BCUT2D eigenvalue weighted by atomic mass is 16.4. The van der Waals surface area contributed by atoms with Crippen LogP contribution in [0.4, 0.5) is 0 Å². The van der Waals surface area contributed by atoms with Gasteiger partial charge in [0, 0.05) is 19.1 Å². The van der Waals surface area contributed by atoms with Gasteiger partial charge in [-0.15, -0.1) is 0 Å². The normalized spacial score (nSPS) is 18.0. The molecule has 0 aliphatic carbocycles. The van der Waals surface area contributed by atoms with Gasteiger partial charge in [0.15, 0.2) is 0 Å². The van der Waals surface area contributed by atoms with Crippen molar-refractivity contribution in [2.45, 2.75) is 45.6 Å². The molecule has 24 heavy (non-hydrogen) atoms. The lowest BCUT2D eigenvalue weighted by Crippen LogP contribution is -2.45. The van der Waals surface area contributed by atoms with Gasteiger partial charge in [0.05, 0.1) is 5.92 Å². The van der Waals surface area contributed by atoms with E-state index in [0.717, 1.165) is 45.3 Å². The monoisotopic (exact) mass is 332 g/mol. The molecule has 0 saturated carbocycles. The van der Waals surface area contributed by atoms with Crippen LogP contribution in [0.25, 0.3) is 0 Å². The average Bonchev–Trinajstić information content (AvgIpc) is 2.58. The van der Waals surface area contributed by atoms with Crippen LogP contribution < -0.4 is 5.32 Å². The van der Waals surface area contributed by atoms with Gasteiger partial charge in [-0.25, -0.2) is 0 Å². The van der Waals surface area contributed by atoms with E-state index in [9.17, 15) is 9.90 Å². The van der Waals surface area contributed by atoms with Crippen molar-refractivity contribution in [3.8, 4) is 0 Å². The van der Waals surface area contributed by atoms with Gasteiger partial charge in [-0.2, -0.15) is 0 Å². The van der Waals surface area contributed by atoms with Gasteiger partial charge in [0.1, 0.15) is 0 Å². The van der Waals surface area contributed by atoms with E-state index in [0.29, 0.717) is 18.5 Å². The molecular formula is C20H32N2O2. The first-order valence-electron chi connectivity index (χ1n) is 9.27. The van der Waals surface area contributed by atoms with E-state index in [4.69, 9.17) is 0 Å². The van der Waals surface area contributed by atoms with E-state index < -0.39 is 5.97 Å². The minimum absolute atomic E-state index is 0.263. The second kappa shape index (κ2) is 9.80. The van der Waals surface area contributed by atoms with Gasteiger partial charge >= 0.3 is 5.97 Å². The molecule has 0 amide bonds. The largest absolute Gasteiger partial charge is 0.481 e.